The Labute approximate surface area is 57.8 Å². The van der Waals surface area contributed by atoms with Gasteiger partial charge < -0.3 is 11.1 Å². The van der Waals surface area contributed by atoms with E-state index in [0.29, 0.717) is 5.92 Å². The van der Waals surface area contributed by atoms with Gasteiger partial charge in [0.15, 0.2) is 0 Å². The zero-order chi connectivity index (χ0) is 7.11. The Kier molecular flexibility index (Phi) is 5.99. The normalized spacial score (nSPS) is 10.7. The van der Waals surface area contributed by atoms with E-state index >= 15 is 0 Å². The van der Waals surface area contributed by atoms with Crippen molar-refractivity contribution < 1.29 is 0 Å². The molecule has 0 saturated heterocycles. The van der Waals surface area contributed by atoms with Gasteiger partial charge in [-0.2, -0.15) is 0 Å². The first kappa shape index (κ1) is 8.92. The lowest BCUT2D eigenvalue weighted by Crippen LogP contribution is -2.17. The maximum absolute atomic E-state index is 5.29. The van der Waals surface area contributed by atoms with Gasteiger partial charge in [0.1, 0.15) is 0 Å². The molecule has 2 heteroatoms. The average molecular weight is 129 g/mol. The van der Waals surface area contributed by atoms with E-state index in [2.05, 4.69) is 25.7 Å². The van der Waals surface area contributed by atoms with Crippen LogP contribution in [0.1, 0.15) is 20.3 Å². The Morgan fingerprint density at radius 1 is 1.56 bits per heavy atom. The molecule has 0 atom stereocenters. The van der Waals surface area contributed by atoms with Crippen molar-refractivity contribution in [3.8, 4) is 0 Å². The van der Waals surface area contributed by atoms with Crippen LogP contribution in [-0.2, 0) is 0 Å². The molecule has 0 unspecified atom stereocenters. The van der Waals surface area contributed by atoms with Crippen molar-refractivity contribution in [1.82, 2.24) is 5.32 Å². The van der Waals surface area contributed by atoms with Crippen molar-refractivity contribution in [2.45, 2.75) is 20.3 Å². The van der Waals surface area contributed by atoms with Gasteiger partial charge in [0.25, 0.3) is 0 Å². The van der Waals surface area contributed by atoms with E-state index in [-0.39, 0.29) is 0 Å². The van der Waals surface area contributed by atoms with Gasteiger partial charge in [0.2, 0.25) is 0 Å². The van der Waals surface area contributed by atoms with E-state index in [1.165, 1.54) is 0 Å². The van der Waals surface area contributed by atoms with E-state index in [1.54, 1.807) is 0 Å². The number of hydrogen-bond donors (Lipinski definition) is 2. The molecule has 0 heterocycles. The highest BCUT2D eigenvalue weighted by molar-refractivity contribution is 4.64. The summed E-state index contributed by atoms with van der Waals surface area (Å²) in [5.74, 6) is 0.628. The highest BCUT2D eigenvalue weighted by atomic mass is 14.9. The average Bonchev–Trinajstić information content (AvgIpc) is 1.80. The van der Waals surface area contributed by atoms with Crippen LogP contribution in [0.15, 0.2) is 0 Å². The van der Waals surface area contributed by atoms with Crippen molar-refractivity contribution in [3.63, 3.8) is 0 Å². The van der Waals surface area contributed by atoms with Gasteiger partial charge in [-0.15, -0.1) is 0 Å². The zero-order valence-electron chi connectivity index (χ0n) is 6.35. The second-order valence-electron chi connectivity index (χ2n) is 2.51. The zero-order valence-corrected chi connectivity index (χ0v) is 6.35. The molecule has 0 fully saturated rings. The second-order valence-corrected chi connectivity index (χ2v) is 2.51. The minimum Gasteiger partial charge on any atom is -0.330 e. The summed E-state index contributed by atoms with van der Waals surface area (Å²) < 4.78 is 0. The summed E-state index contributed by atoms with van der Waals surface area (Å²) in [4.78, 5) is 0. The molecule has 0 saturated carbocycles. The summed E-state index contributed by atoms with van der Waals surface area (Å²) in [7, 11) is 0. The quantitative estimate of drug-likeness (QED) is 0.537. The predicted octanol–water partition coefficient (Wildman–Crippen LogP) is 0.743. The van der Waals surface area contributed by atoms with Gasteiger partial charge in [-0.05, 0) is 25.4 Å². The smallest absolute Gasteiger partial charge is 0.0246 e. The van der Waals surface area contributed by atoms with Crippen molar-refractivity contribution >= 4 is 0 Å². The molecule has 9 heavy (non-hydrogen) atoms. The number of hydrogen-bond acceptors (Lipinski definition) is 2. The first-order valence-corrected chi connectivity index (χ1v) is 3.54. The highest BCUT2D eigenvalue weighted by Crippen LogP contribution is 1.91. The summed E-state index contributed by atoms with van der Waals surface area (Å²) >= 11 is 0. The third kappa shape index (κ3) is 7.92. The van der Waals surface area contributed by atoms with Gasteiger partial charge in [-0.25, -0.2) is 0 Å². The molecule has 0 aromatic carbocycles. The monoisotopic (exact) mass is 129 g/mol. The highest BCUT2D eigenvalue weighted by Gasteiger charge is 1.90. The third-order valence-corrected chi connectivity index (χ3v) is 0.976. The molecule has 0 aliphatic rings. The summed E-state index contributed by atoms with van der Waals surface area (Å²) in [6.07, 6.45) is 1.06. The lowest BCUT2D eigenvalue weighted by molar-refractivity contribution is 0.625. The lowest BCUT2D eigenvalue weighted by Gasteiger charge is -2.04. The second kappa shape index (κ2) is 6.05. The molecule has 0 spiro atoms. The Hall–Kier alpha value is -0.0800. The van der Waals surface area contributed by atoms with E-state index in [9.17, 15) is 0 Å². The van der Waals surface area contributed by atoms with Gasteiger partial charge in [-0.3, -0.25) is 0 Å². The molecule has 0 aliphatic heterocycles. The molecule has 0 aromatic heterocycles. The van der Waals surface area contributed by atoms with E-state index < -0.39 is 0 Å². The topological polar surface area (TPSA) is 38.0 Å². The lowest BCUT2D eigenvalue weighted by atomic mass is 10.2. The fourth-order valence-electron chi connectivity index (χ4n) is 0.523. The molecule has 0 bridgehead atoms. The van der Waals surface area contributed by atoms with Crippen LogP contribution < -0.4 is 11.1 Å². The molecule has 1 radical (unpaired) electrons. The van der Waals surface area contributed by atoms with Crippen molar-refractivity contribution in [3.05, 3.63) is 6.54 Å². The Morgan fingerprint density at radius 3 is 2.67 bits per heavy atom. The van der Waals surface area contributed by atoms with Crippen LogP contribution >= 0.6 is 0 Å². The fourth-order valence-corrected chi connectivity index (χ4v) is 0.523. The van der Waals surface area contributed by atoms with Crippen LogP contribution in [0.25, 0.3) is 0 Å². The standard InChI is InChI=1S/C7H17N2/c1-7(2)6-9-5-3-4-8/h6-7,9H,3-5,8H2,1-2H3. The van der Waals surface area contributed by atoms with Crippen LogP contribution in [0.5, 0.6) is 0 Å². The largest absolute Gasteiger partial charge is 0.330 e. The summed E-state index contributed by atoms with van der Waals surface area (Å²) in [6, 6.07) is 0. The molecule has 3 N–H and O–H groups in total. The molecular weight excluding hydrogens is 112 g/mol. The van der Waals surface area contributed by atoms with Crippen LogP contribution in [0, 0.1) is 12.5 Å². The SMILES string of the molecule is CC(C)[CH]NCCCN. The van der Waals surface area contributed by atoms with Crippen LogP contribution in [0.4, 0.5) is 0 Å². The van der Waals surface area contributed by atoms with Crippen molar-refractivity contribution in [2.75, 3.05) is 13.1 Å². The van der Waals surface area contributed by atoms with Crippen LogP contribution in [-0.4, -0.2) is 13.1 Å². The van der Waals surface area contributed by atoms with E-state index in [0.717, 1.165) is 19.5 Å². The first-order chi connectivity index (χ1) is 4.27. The molecule has 0 rings (SSSR count). The van der Waals surface area contributed by atoms with Crippen molar-refractivity contribution in [1.29, 1.82) is 0 Å². The predicted molar refractivity (Wildman–Crippen MR) is 40.8 cm³/mol. The van der Waals surface area contributed by atoms with E-state index in [4.69, 9.17) is 5.73 Å². The summed E-state index contributed by atoms with van der Waals surface area (Å²) in [5, 5.41) is 3.18. The molecule has 55 valence electrons. The Balaban J connectivity index is 2.75. The van der Waals surface area contributed by atoms with Gasteiger partial charge >= 0.3 is 0 Å². The van der Waals surface area contributed by atoms with Gasteiger partial charge in [0, 0.05) is 6.54 Å². The van der Waals surface area contributed by atoms with Crippen molar-refractivity contribution in [2.24, 2.45) is 11.7 Å². The number of nitrogens with two attached hydrogens (primary N) is 1. The first-order valence-electron chi connectivity index (χ1n) is 3.54. The van der Waals surface area contributed by atoms with Crippen LogP contribution in [0.3, 0.4) is 0 Å². The van der Waals surface area contributed by atoms with E-state index in [1.807, 2.05) is 0 Å². The summed E-state index contributed by atoms with van der Waals surface area (Å²) in [6.45, 7) is 8.17. The number of rotatable bonds is 5. The molecule has 0 amide bonds. The van der Waals surface area contributed by atoms with Gasteiger partial charge in [-0.1, -0.05) is 13.8 Å². The van der Waals surface area contributed by atoms with Crippen LogP contribution in [0.2, 0.25) is 0 Å². The van der Waals surface area contributed by atoms with Gasteiger partial charge in [0.05, 0.1) is 0 Å². The maximum Gasteiger partial charge on any atom is 0.0246 e. The fraction of sp³-hybridized carbons (Fsp3) is 0.857. The Bertz CT molecular complexity index is 52.9. The third-order valence-electron chi connectivity index (χ3n) is 0.976. The number of nitrogens with one attached hydrogen (secondary N) is 1. The Morgan fingerprint density at radius 2 is 2.22 bits per heavy atom. The molecule has 0 aromatic rings. The summed E-state index contributed by atoms with van der Waals surface area (Å²) in [5.41, 5.74) is 5.29. The molecule has 0 aliphatic carbocycles. The minimum atomic E-state index is 0.628. The minimum absolute atomic E-state index is 0.628. The molecule has 2 nitrogen and oxygen atoms in total. The molecular formula is C7H17N2. The maximum atomic E-state index is 5.29.